The zero-order valence-electron chi connectivity index (χ0n) is 21.0. The first-order chi connectivity index (χ1) is 16.8. The van der Waals surface area contributed by atoms with Gasteiger partial charge in [-0.1, -0.05) is 25.4 Å². The number of hydrogen-bond donors (Lipinski definition) is 3. The molecule has 0 aliphatic carbocycles. The Kier molecular flexibility index (Phi) is 8.11. The van der Waals surface area contributed by atoms with Crippen molar-refractivity contribution in [3.63, 3.8) is 0 Å². The third-order valence-corrected chi connectivity index (χ3v) is 6.85. The van der Waals surface area contributed by atoms with Crippen LogP contribution < -0.4 is 15.4 Å². The van der Waals surface area contributed by atoms with E-state index < -0.39 is 6.10 Å². The number of benzene rings is 1. The molecule has 3 N–H and O–H groups in total. The topological polar surface area (TPSA) is 106 Å². The summed E-state index contributed by atoms with van der Waals surface area (Å²) in [6.45, 7) is 9.11. The number of imidazole rings is 1. The summed E-state index contributed by atoms with van der Waals surface area (Å²) < 4.78 is 13.7. The molecule has 10 heteroatoms. The largest absolute Gasteiger partial charge is 0.496 e. The van der Waals surface area contributed by atoms with Crippen LogP contribution in [0.5, 0.6) is 5.75 Å². The molecular formula is C25H35ClN6O3. The predicted molar refractivity (Wildman–Crippen MR) is 137 cm³/mol. The van der Waals surface area contributed by atoms with E-state index in [-0.39, 0.29) is 18.3 Å². The van der Waals surface area contributed by atoms with E-state index in [4.69, 9.17) is 21.1 Å². The summed E-state index contributed by atoms with van der Waals surface area (Å²) in [7, 11) is 1.61. The van der Waals surface area contributed by atoms with Gasteiger partial charge in [0.1, 0.15) is 18.3 Å². The number of anilines is 1. The molecule has 3 heterocycles. The lowest BCUT2D eigenvalue weighted by Crippen LogP contribution is -2.28. The van der Waals surface area contributed by atoms with E-state index >= 15 is 0 Å². The molecule has 9 nitrogen and oxygen atoms in total. The highest BCUT2D eigenvalue weighted by atomic mass is 35.5. The number of aromatic nitrogens is 4. The average molecular weight is 503 g/mol. The Morgan fingerprint density at radius 1 is 1.26 bits per heavy atom. The molecule has 0 bridgehead atoms. The smallest absolute Gasteiger partial charge is 0.167 e. The van der Waals surface area contributed by atoms with Gasteiger partial charge in [0.15, 0.2) is 17.0 Å². The van der Waals surface area contributed by atoms with Gasteiger partial charge in [-0.3, -0.25) is 4.57 Å². The van der Waals surface area contributed by atoms with Crippen molar-refractivity contribution in [1.29, 1.82) is 0 Å². The normalized spacial score (nSPS) is 18.1. The van der Waals surface area contributed by atoms with Gasteiger partial charge in [0.25, 0.3) is 0 Å². The minimum Gasteiger partial charge on any atom is -0.496 e. The van der Waals surface area contributed by atoms with E-state index in [1.165, 1.54) is 6.33 Å². The lowest BCUT2D eigenvalue weighted by Gasteiger charge is -2.25. The zero-order valence-corrected chi connectivity index (χ0v) is 21.8. The molecule has 35 heavy (non-hydrogen) atoms. The Morgan fingerprint density at radius 3 is 2.74 bits per heavy atom. The van der Waals surface area contributed by atoms with Crippen molar-refractivity contribution in [3.8, 4) is 5.75 Å². The zero-order chi connectivity index (χ0) is 25.1. The number of nitrogens with one attached hydrogen (secondary N) is 2. The lowest BCUT2D eigenvalue weighted by atomic mass is 9.95. The van der Waals surface area contributed by atoms with Crippen molar-refractivity contribution in [1.82, 2.24) is 24.8 Å². The standard InChI is InChI=1S/C25H35ClN6O3/c1-14(2)27-11-19(33)21-15(3)18(26)10-17(23(21)34-5)16(4)31-24-22-25(29-12-28-24)32(13-30-22)20-8-6-7-9-35-20/h10,12-14,16,19-20,27,33H,6-9,11H2,1-5H3,(H,28,29,31). The van der Waals surface area contributed by atoms with Gasteiger partial charge in [-0.05, 0) is 44.7 Å². The molecule has 3 unspecified atom stereocenters. The quantitative estimate of drug-likeness (QED) is 0.386. The first kappa shape index (κ1) is 25.6. The molecule has 1 aromatic carbocycles. The van der Waals surface area contributed by atoms with Gasteiger partial charge in [-0.15, -0.1) is 0 Å². The maximum Gasteiger partial charge on any atom is 0.167 e. The number of hydrogen-bond acceptors (Lipinski definition) is 8. The van der Waals surface area contributed by atoms with Crippen LogP contribution in [-0.2, 0) is 4.74 Å². The molecule has 2 aromatic heterocycles. The van der Waals surface area contributed by atoms with E-state index in [9.17, 15) is 5.11 Å². The Morgan fingerprint density at radius 2 is 2.06 bits per heavy atom. The van der Waals surface area contributed by atoms with E-state index in [0.29, 0.717) is 34.2 Å². The van der Waals surface area contributed by atoms with Gasteiger partial charge in [0.2, 0.25) is 0 Å². The van der Waals surface area contributed by atoms with Crippen LogP contribution in [0.3, 0.4) is 0 Å². The van der Waals surface area contributed by atoms with E-state index in [1.54, 1.807) is 13.4 Å². The van der Waals surface area contributed by atoms with Crippen LogP contribution in [0.2, 0.25) is 5.02 Å². The number of halogens is 1. The summed E-state index contributed by atoms with van der Waals surface area (Å²) in [5.74, 6) is 1.22. The number of methoxy groups -OCH3 is 1. The Balaban J connectivity index is 1.66. The minimum atomic E-state index is -0.769. The molecule has 1 aliphatic heterocycles. The first-order valence-corrected chi connectivity index (χ1v) is 12.5. The third kappa shape index (κ3) is 5.38. The first-order valence-electron chi connectivity index (χ1n) is 12.2. The average Bonchev–Trinajstić information content (AvgIpc) is 3.29. The summed E-state index contributed by atoms with van der Waals surface area (Å²) in [4.78, 5) is 13.5. The van der Waals surface area contributed by atoms with Crippen LogP contribution in [-0.4, -0.2) is 50.9 Å². The molecule has 3 aromatic rings. The van der Waals surface area contributed by atoms with Crippen molar-refractivity contribution in [3.05, 3.63) is 40.4 Å². The monoisotopic (exact) mass is 502 g/mol. The maximum absolute atomic E-state index is 11.0. The molecule has 3 atom stereocenters. The van der Waals surface area contributed by atoms with Gasteiger partial charge in [-0.25, -0.2) is 15.0 Å². The highest BCUT2D eigenvalue weighted by molar-refractivity contribution is 6.31. The summed E-state index contributed by atoms with van der Waals surface area (Å²) in [6.07, 6.45) is 5.60. The Hall–Kier alpha value is -2.46. The molecule has 1 fully saturated rings. The van der Waals surface area contributed by atoms with Gasteiger partial charge < -0.3 is 25.2 Å². The molecule has 1 aliphatic rings. The van der Waals surface area contributed by atoms with E-state index in [0.717, 1.165) is 42.6 Å². The van der Waals surface area contributed by atoms with Crippen LogP contribution in [0.4, 0.5) is 5.82 Å². The second kappa shape index (κ2) is 11.1. The molecule has 0 amide bonds. The number of aliphatic hydroxyl groups excluding tert-OH is 1. The van der Waals surface area contributed by atoms with Crippen molar-refractivity contribution >= 4 is 28.6 Å². The number of ether oxygens (including phenoxy) is 2. The van der Waals surface area contributed by atoms with Crippen molar-refractivity contribution in [2.75, 3.05) is 25.6 Å². The Bertz CT molecular complexity index is 1160. The molecule has 0 saturated carbocycles. The summed E-state index contributed by atoms with van der Waals surface area (Å²) in [6, 6.07) is 1.89. The number of aliphatic hydroxyl groups is 1. The summed E-state index contributed by atoms with van der Waals surface area (Å²) in [5.41, 5.74) is 3.71. The van der Waals surface area contributed by atoms with Crippen molar-refractivity contribution in [2.24, 2.45) is 0 Å². The van der Waals surface area contributed by atoms with Crippen LogP contribution in [0.25, 0.3) is 11.2 Å². The van der Waals surface area contributed by atoms with Crippen LogP contribution >= 0.6 is 11.6 Å². The van der Waals surface area contributed by atoms with Crippen LogP contribution in [0, 0.1) is 6.92 Å². The lowest BCUT2D eigenvalue weighted by molar-refractivity contribution is -0.0298. The molecule has 0 radical (unpaired) electrons. The SMILES string of the molecule is COc1c(C(C)Nc2ncnc3c2ncn3C2CCCCO2)cc(Cl)c(C)c1C(O)CNC(C)C. The molecule has 190 valence electrons. The van der Waals surface area contributed by atoms with E-state index in [1.807, 2.05) is 38.3 Å². The predicted octanol–water partition coefficient (Wildman–Crippen LogP) is 4.70. The van der Waals surface area contributed by atoms with Gasteiger partial charge >= 0.3 is 0 Å². The van der Waals surface area contributed by atoms with Crippen molar-refractivity contribution in [2.45, 2.75) is 71.4 Å². The maximum atomic E-state index is 11.0. The molecule has 4 rings (SSSR count). The Labute approximate surface area is 211 Å². The fourth-order valence-electron chi connectivity index (χ4n) is 4.56. The molecular weight excluding hydrogens is 468 g/mol. The van der Waals surface area contributed by atoms with Crippen LogP contribution in [0.1, 0.15) is 75.1 Å². The number of fused-ring (bicyclic) bond motifs is 1. The van der Waals surface area contributed by atoms with Gasteiger partial charge in [0.05, 0.1) is 25.6 Å². The summed E-state index contributed by atoms with van der Waals surface area (Å²) >= 11 is 6.62. The van der Waals surface area contributed by atoms with Gasteiger partial charge in [-0.2, -0.15) is 0 Å². The second-order valence-corrected chi connectivity index (χ2v) is 9.74. The van der Waals surface area contributed by atoms with Crippen molar-refractivity contribution < 1.29 is 14.6 Å². The molecule has 1 saturated heterocycles. The third-order valence-electron chi connectivity index (χ3n) is 6.45. The highest BCUT2D eigenvalue weighted by Gasteiger charge is 2.26. The van der Waals surface area contributed by atoms with Gasteiger partial charge in [0, 0.05) is 35.3 Å². The second-order valence-electron chi connectivity index (χ2n) is 9.33. The van der Waals surface area contributed by atoms with E-state index in [2.05, 4.69) is 25.6 Å². The van der Waals surface area contributed by atoms with Crippen LogP contribution in [0.15, 0.2) is 18.7 Å². The summed E-state index contributed by atoms with van der Waals surface area (Å²) in [5, 5.41) is 18.3. The molecule has 0 spiro atoms. The number of nitrogens with zero attached hydrogens (tertiary/aromatic N) is 4. The minimum absolute atomic E-state index is 0.0617. The fourth-order valence-corrected chi connectivity index (χ4v) is 4.78. The fraction of sp³-hybridized carbons (Fsp3) is 0.560. The number of rotatable bonds is 9. The highest BCUT2D eigenvalue weighted by Crippen LogP contribution is 2.40.